The predicted molar refractivity (Wildman–Crippen MR) is 81.2 cm³/mol. The van der Waals surface area contributed by atoms with Gasteiger partial charge in [0.1, 0.15) is 5.60 Å². The van der Waals surface area contributed by atoms with E-state index in [0.717, 1.165) is 4.57 Å². The predicted octanol–water partition coefficient (Wildman–Crippen LogP) is 3.24. The number of carbonyl (C=O) groups excluding carboxylic acids is 1. The summed E-state index contributed by atoms with van der Waals surface area (Å²) in [6.07, 6.45) is 1.02. The molecule has 8 heteroatoms. The molecular formula is C14H16ClN3O4. The van der Waals surface area contributed by atoms with Crippen LogP contribution in [0.1, 0.15) is 26.5 Å². The first-order valence-electron chi connectivity index (χ1n) is 6.53. The molecule has 2 rings (SSSR count). The molecule has 118 valence electrons. The lowest BCUT2D eigenvalue weighted by atomic mass is 10.2. The van der Waals surface area contributed by atoms with Crippen molar-refractivity contribution in [1.82, 2.24) is 14.9 Å². The smallest absolute Gasteiger partial charge is 0.416 e. The molecule has 0 aromatic carbocycles. The first-order chi connectivity index (χ1) is 10.2. The van der Waals surface area contributed by atoms with Crippen molar-refractivity contribution in [3.63, 3.8) is 0 Å². The van der Waals surface area contributed by atoms with Gasteiger partial charge in [0.2, 0.25) is 0 Å². The molecule has 0 saturated heterocycles. The van der Waals surface area contributed by atoms with Crippen molar-refractivity contribution in [2.45, 2.75) is 32.9 Å². The summed E-state index contributed by atoms with van der Waals surface area (Å²) in [6.45, 7) is 5.46. The number of ether oxygens (including phenoxy) is 1. The van der Waals surface area contributed by atoms with Crippen LogP contribution in [0.25, 0.3) is 10.9 Å². The highest BCUT2D eigenvalue weighted by Gasteiger charge is 2.16. The Kier molecular flexibility index (Phi) is 4.27. The molecule has 0 bridgehead atoms. The van der Waals surface area contributed by atoms with Gasteiger partial charge >= 0.3 is 12.2 Å². The molecule has 2 aromatic rings. The van der Waals surface area contributed by atoms with Crippen LogP contribution in [0.15, 0.2) is 18.5 Å². The Balaban J connectivity index is 2.15. The van der Waals surface area contributed by atoms with E-state index in [1.165, 1.54) is 12.4 Å². The van der Waals surface area contributed by atoms with E-state index in [1.54, 1.807) is 26.8 Å². The van der Waals surface area contributed by atoms with Crippen molar-refractivity contribution in [2.24, 2.45) is 0 Å². The summed E-state index contributed by atoms with van der Waals surface area (Å²) in [6, 6.07) is 1.63. The number of fused-ring (bicyclic) bond motifs is 1. The van der Waals surface area contributed by atoms with Crippen LogP contribution in [0, 0.1) is 0 Å². The number of halogens is 1. The van der Waals surface area contributed by atoms with Crippen LogP contribution in [0.2, 0.25) is 5.02 Å². The summed E-state index contributed by atoms with van der Waals surface area (Å²) in [5, 5.41) is 12.5. The molecule has 0 aliphatic rings. The maximum Gasteiger partial charge on any atom is 0.416 e. The summed E-state index contributed by atoms with van der Waals surface area (Å²) in [5.74, 6) is 0. The highest BCUT2D eigenvalue weighted by Crippen LogP contribution is 2.25. The van der Waals surface area contributed by atoms with Gasteiger partial charge in [-0.3, -0.25) is 4.98 Å². The van der Waals surface area contributed by atoms with Crippen LogP contribution >= 0.6 is 11.6 Å². The molecule has 0 aliphatic heterocycles. The standard InChI is InChI=1S/C14H16ClN3O4/c1-14(2,3)22-12(19)17-5-8-4-9-10(15)7-18(13(20)21)11(9)6-16-8/h4,6-7H,5H2,1-3H3,(H,17,19)(H,20,21). The molecule has 22 heavy (non-hydrogen) atoms. The Labute approximate surface area is 131 Å². The molecule has 0 spiro atoms. The molecule has 0 fully saturated rings. The zero-order valence-corrected chi connectivity index (χ0v) is 13.1. The number of hydrogen-bond acceptors (Lipinski definition) is 4. The third-order valence-corrected chi connectivity index (χ3v) is 3.02. The van der Waals surface area contributed by atoms with Crippen molar-refractivity contribution in [3.05, 3.63) is 29.2 Å². The molecule has 0 aliphatic carbocycles. The fourth-order valence-corrected chi connectivity index (χ4v) is 2.11. The van der Waals surface area contributed by atoms with Gasteiger partial charge in [-0.1, -0.05) is 11.6 Å². The summed E-state index contributed by atoms with van der Waals surface area (Å²) in [7, 11) is 0. The molecule has 0 saturated carbocycles. The van der Waals surface area contributed by atoms with Gasteiger partial charge in [-0.25, -0.2) is 14.2 Å². The van der Waals surface area contributed by atoms with Gasteiger partial charge in [0.05, 0.1) is 29.0 Å². The molecule has 2 heterocycles. The van der Waals surface area contributed by atoms with Gasteiger partial charge in [-0.2, -0.15) is 0 Å². The molecule has 2 N–H and O–H groups in total. The van der Waals surface area contributed by atoms with E-state index >= 15 is 0 Å². The van der Waals surface area contributed by atoms with Crippen molar-refractivity contribution >= 4 is 34.7 Å². The largest absolute Gasteiger partial charge is 0.464 e. The van der Waals surface area contributed by atoms with Crippen LogP contribution in [0.5, 0.6) is 0 Å². The average Bonchev–Trinajstić information content (AvgIpc) is 2.72. The number of pyridine rings is 1. The number of rotatable bonds is 2. The molecule has 0 atom stereocenters. The van der Waals surface area contributed by atoms with Crippen LogP contribution in [-0.2, 0) is 11.3 Å². The van der Waals surface area contributed by atoms with Crippen molar-refractivity contribution in [1.29, 1.82) is 0 Å². The summed E-state index contributed by atoms with van der Waals surface area (Å²) < 4.78 is 6.12. The molecule has 2 aromatic heterocycles. The second-order valence-corrected chi connectivity index (χ2v) is 6.09. The number of carboxylic acid groups (broad SMARTS) is 1. The van der Waals surface area contributed by atoms with E-state index < -0.39 is 17.8 Å². The van der Waals surface area contributed by atoms with E-state index in [2.05, 4.69) is 10.3 Å². The van der Waals surface area contributed by atoms with E-state index in [1.807, 2.05) is 0 Å². The number of amides is 1. The molecular weight excluding hydrogens is 310 g/mol. The highest BCUT2D eigenvalue weighted by atomic mass is 35.5. The van der Waals surface area contributed by atoms with Gasteiger partial charge < -0.3 is 15.2 Å². The maximum absolute atomic E-state index is 11.6. The van der Waals surface area contributed by atoms with Crippen molar-refractivity contribution in [2.75, 3.05) is 0 Å². The molecule has 0 unspecified atom stereocenters. The van der Waals surface area contributed by atoms with Crippen molar-refractivity contribution in [3.8, 4) is 0 Å². The maximum atomic E-state index is 11.6. The van der Waals surface area contributed by atoms with E-state index in [0.29, 0.717) is 21.6 Å². The first-order valence-corrected chi connectivity index (χ1v) is 6.91. The Hall–Kier alpha value is -2.28. The van der Waals surface area contributed by atoms with E-state index in [9.17, 15) is 9.59 Å². The Morgan fingerprint density at radius 1 is 1.45 bits per heavy atom. The quantitative estimate of drug-likeness (QED) is 0.884. The van der Waals surface area contributed by atoms with Crippen LogP contribution in [-0.4, -0.2) is 32.4 Å². The SMILES string of the molecule is CC(C)(C)OC(=O)NCc1cc2c(Cl)cn(C(=O)O)c2cn1. The van der Waals surface area contributed by atoms with Gasteiger partial charge in [-0.15, -0.1) is 0 Å². The minimum Gasteiger partial charge on any atom is -0.464 e. The monoisotopic (exact) mass is 325 g/mol. The average molecular weight is 326 g/mol. The second-order valence-electron chi connectivity index (χ2n) is 5.68. The number of nitrogens with zero attached hydrogens (tertiary/aromatic N) is 2. The third-order valence-electron chi connectivity index (χ3n) is 2.72. The number of carbonyl (C=O) groups is 2. The third kappa shape index (κ3) is 3.67. The number of alkyl carbamates (subject to hydrolysis) is 1. The molecule has 7 nitrogen and oxygen atoms in total. The summed E-state index contributed by atoms with van der Waals surface area (Å²) in [4.78, 5) is 26.8. The van der Waals surface area contributed by atoms with Gasteiger partial charge in [0, 0.05) is 11.6 Å². The Bertz CT molecular complexity index is 733. The van der Waals surface area contributed by atoms with E-state index in [4.69, 9.17) is 21.4 Å². The van der Waals surface area contributed by atoms with Gasteiger partial charge in [0.25, 0.3) is 0 Å². The number of hydrogen-bond donors (Lipinski definition) is 2. The van der Waals surface area contributed by atoms with Crippen LogP contribution in [0.4, 0.5) is 9.59 Å². The number of nitrogens with one attached hydrogen (secondary N) is 1. The lowest BCUT2D eigenvalue weighted by Gasteiger charge is -2.19. The van der Waals surface area contributed by atoms with Crippen LogP contribution < -0.4 is 5.32 Å². The first kappa shape index (κ1) is 16.1. The Morgan fingerprint density at radius 3 is 2.73 bits per heavy atom. The second kappa shape index (κ2) is 5.84. The van der Waals surface area contributed by atoms with Gasteiger partial charge in [-0.05, 0) is 26.8 Å². The fraction of sp³-hybridized carbons (Fsp3) is 0.357. The van der Waals surface area contributed by atoms with E-state index in [-0.39, 0.29) is 6.54 Å². The summed E-state index contributed by atoms with van der Waals surface area (Å²) >= 11 is 6.02. The minimum absolute atomic E-state index is 0.152. The van der Waals surface area contributed by atoms with Crippen LogP contribution in [0.3, 0.4) is 0 Å². The normalized spacial score (nSPS) is 11.5. The minimum atomic E-state index is -1.14. The molecule has 1 amide bonds. The zero-order valence-electron chi connectivity index (χ0n) is 12.4. The number of aromatic nitrogens is 2. The summed E-state index contributed by atoms with van der Waals surface area (Å²) in [5.41, 5.74) is 0.352. The topological polar surface area (TPSA) is 93.5 Å². The fourth-order valence-electron chi connectivity index (χ4n) is 1.86. The van der Waals surface area contributed by atoms with Crippen molar-refractivity contribution < 1.29 is 19.4 Å². The Morgan fingerprint density at radius 2 is 2.14 bits per heavy atom. The van der Waals surface area contributed by atoms with Gasteiger partial charge in [0.15, 0.2) is 0 Å². The lowest BCUT2D eigenvalue weighted by Crippen LogP contribution is -2.32. The molecule has 0 radical (unpaired) electrons. The zero-order chi connectivity index (χ0) is 16.5. The lowest BCUT2D eigenvalue weighted by molar-refractivity contribution is 0.0523. The highest BCUT2D eigenvalue weighted by molar-refractivity contribution is 6.35.